The van der Waals surface area contributed by atoms with Crippen molar-refractivity contribution in [3.63, 3.8) is 0 Å². The summed E-state index contributed by atoms with van der Waals surface area (Å²) in [5.41, 5.74) is 0. The van der Waals surface area contributed by atoms with Gasteiger partial charge < -0.3 is 0 Å². The Morgan fingerprint density at radius 3 is 0.200 bits per heavy atom. The summed E-state index contributed by atoms with van der Waals surface area (Å²) in [6, 6.07) is 0. The largest absolute Gasteiger partial charge is 0 e. The molecule has 0 nitrogen and oxygen atoms in total. The van der Waals surface area contributed by atoms with Crippen LogP contribution in [0.5, 0.6) is 0 Å². The van der Waals surface area contributed by atoms with Crippen molar-refractivity contribution in [3.05, 3.63) is 0 Å². The van der Waals surface area contributed by atoms with E-state index in [9.17, 15) is 0 Å². The molecule has 0 saturated carbocycles. The molecule has 5 heteroatoms. The van der Waals surface area contributed by atoms with Crippen molar-refractivity contribution in [1.82, 2.24) is 0 Å². The molecule has 0 N–H and O–H groups in total. The molecule has 0 unspecified atom stereocenters. The zero-order valence-corrected chi connectivity index (χ0v) is 14.5. The Balaban J connectivity index is 0. The third kappa shape index (κ3) is 19.0. The average Bonchev–Trinajstić information content (AvgIpc) is 0. The maximum Gasteiger partial charge on any atom is 0 e. The molecule has 0 aromatic rings. The summed E-state index contributed by atoms with van der Waals surface area (Å²) >= 11 is 0. The SMILES string of the molecule is [Os].[Os].[Os].[Os].[Os]. The van der Waals surface area contributed by atoms with Crippen LogP contribution in [0.15, 0.2) is 0 Å². The summed E-state index contributed by atoms with van der Waals surface area (Å²) in [4.78, 5) is 0. The third-order valence-electron chi connectivity index (χ3n) is 0. The van der Waals surface area contributed by atoms with E-state index in [1.165, 1.54) is 0 Å². The first-order chi connectivity index (χ1) is 0. The Hall–Kier alpha value is 3.18. The van der Waals surface area contributed by atoms with Crippen molar-refractivity contribution in [3.8, 4) is 0 Å². The van der Waals surface area contributed by atoms with Gasteiger partial charge in [-0.2, -0.15) is 0 Å². The van der Waals surface area contributed by atoms with Gasteiger partial charge in [-0.25, -0.2) is 0 Å². The monoisotopic (exact) mass is 960 g/mol. The molecule has 0 aromatic carbocycles. The third-order valence-corrected chi connectivity index (χ3v) is 0. The molecule has 0 aliphatic carbocycles. The Labute approximate surface area is 97.3 Å². The molecule has 0 aromatic heterocycles. The van der Waals surface area contributed by atoms with E-state index >= 15 is 0 Å². The molecule has 0 atom stereocenters. The van der Waals surface area contributed by atoms with Crippen LogP contribution in [0.25, 0.3) is 0 Å². The Kier molecular flexibility index (Phi) is 226. The molecule has 0 fully saturated rings. The first kappa shape index (κ1) is 41.7. The first-order valence-electron chi connectivity index (χ1n) is 0. The Morgan fingerprint density at radius 2 is 0.200 bits per heavy atom. The van der Waals surface area contributed by atoms with Crippen LogP contribution in [0.4, 0.5) is 0 Å². The minimum atomic E-state index is 0. The topological polar surface area (TPSA) is 0 Å². The summed E-state index contributed by atoms with van der Waals surface area (Å²) in [6.45, 7) is 0. The van der Waals surface area contributed by atoms with Gasteiger partial charge in [0.15, 0.2) is 0 Å². The molecule has 0 radical (unpaired) electrons. The van der Waals surface area contributed by atoms with E-state index in [0.29, 0.717) is 0 Å². The van der Waals surface area contributed by atoms with E-state index in [4.69, 9.17) is 0 Å². The quantitative estimate of drug-likeness (QED) is 0.321. The summed E-state index contributed by atoms with van der Waals surface area (Å²) in [5, 5.41) is 0. The molecule has 5 heavy (non-hydrogen) atoms. The minimum Gasteiger partial charge on any atom is 0 e. The van der Waals surface area contributed by atoms with E-state index in [1.54, 1.807) is 0 Å². The van der Waals surface area contributed by atoms with Gasteiger partial charge in [0.25, 0.3) is 0 Å². The van der Waals surface area contributed by atoms with Gasteiger partial charge in [0, 0.05) is 99.0 Å². The molecule has 0 amide bonds. The van der Waals surface area contributed by atoms with Crippen molar-refractivity contribution in [1.29, 1.82) is 0 Å². The van der Waals surface area contributed by atoms with Crippen LogP contribution in [0, 0.1) is 0 Å². The molecule has 0 rings (SSSR count). The summed E-state index contributed by atoms with van der Waals surface area (Å²) in [6.07, 6.45) is 0. The second-order valence-electron chi connectivity index (χ2n) is 0. The number of hydrogen-bond acceptors (Lipinski definition) is 0. The van der Waals surface area contributed by atoms with Gasteiger partial charge in [0.1, 0.15) is 0 Å². The predicted octanol–water partition coefficient (Wildman–Crippen LogP) is -0.0125. The zero-order chi connectivity index (χ0) is 0. The van der Waals surface area contributed by atoms with Crippen LogP contribution in [0.2, 0.25) is 0 Å². The molecule has 40 valence electrons. The second kappa shape index (κ2) is 27.1. The Morgan fingerprint density at radius 1 is 0.200 bits per heavy atom. The zero-order valence-electron chi connectivity index (χ0n) is 1.77. The van der Waals surface area contributed by atoms with Crippen LogP contribution >= 0.6 is 0 Å². The minimum absolute atomic E-state index is 0. The van der Waals surface area contributed by atoms with Gasteiger partial charge in [-0.15, -0.1) is 0 Å². The van der Waals surface area contributed by atoms with Gasteiger partial charge in [-0.3, -0.25) is 0 Å². The smallest absolute Gasteiger partial charge is 0 e. The fourth-order valence-corrected chi connectivity index (χ4v) is 0. The molecule has 0 bridgehead atoms. The Bertz CT molecular complexity index is 0. The molecule has 0 saturated heterocycles. The summed E-state index contributed by atoms with van der Waals surface area (Å²) < 4.78 is 0. The molecule has 0 spiro atoms. The predicted molar refractivity (Wildman–Crippen MR) is 0 cm³/mol. The maximum atomic E-state index is 0. The van der Waals surface area contributed by atoms with E-state index in [2.05, 4.69) is 0 Å². The van der Waals surface area contributed by atoms with Crippen molar-refractivity contribution in [2.45, 2.75) is 0 Å². The van der Waals surface area contributed by atoms with Gasteiger partial charge in [0.2, 0.25) is 0 Å². The molecular formula is Os5. The van der Waals surface area contributed by atoms with E-state index in [-0.39, 0.29) is 99.0 Å². The van der Waals surface area contributed by atoms with Crippen LogP contribution in [0.3, 0.4) is 0 Å². The normalized spacial score (nSPS) is 0. The van der Waals surface area contributed by atoms with Crippen LogP contribution in [-0.2, 0) is 99.0 Å². The molecule has 0 aliphatic heterocycles. The number of hydrogen-bond donors (Lipinski definition) is 0. The van der Waals surface area contributed by atoms with Crippen LogP contribution in [0.1, 0.15) is 0 Å². The van der Waals surface area contributed by atoms with Gasteiger partial charge in [0.05, 0.1) is 0 Å². The van der Waals surface area contributed by atoms with Crippen LogP contribution < -0.4 is 0 Å². The van der Waals surface area contributed by atoms with Gasteiger partial charge in [-0.1, -0.05) is 0 Å². The van der Waals surface area contributed by atoms with Crippen molar-refractivity contribution < 1.29 is 99.0 Å². The summed E-state index contributed by atoms with van der Waals surface area (Å²) in [7, 11) is 0. The maximum absolute atomic E-state index is 0. The van der Waals surface area contributed by atoms with E-state index in [0.717, 1.165) is 0 Å². The first-order valence-corrected chi connectivity index (χ1v) is 0. The standard InChI is InChI=1S/5Os. The summed E-state index contributed by atoms with van der Waals surface area (Å²) in [5.74, 6) is 0. The van der Waals surface area contributed by atoms with Gasteiger partial charge in [-0.05, 0) is 0 Å². The van der Waals surface area contributed by atoms with Crippen molar-refractivity contribution in [2.75, 3.05) is 0 Å². The fourth-order valence-electron chi connectivity index (χ4n) is 0. The van der Waals surface area contributed by atoms with Crippen LogP contribution in [-0.4, -0.2) is 0 Å². The van der Waals surface area contributed by atoms with Crippen molar-refractivity contribution in [2.24, 2.45) is 0 Å². The average molecular weight is 951 g/mol. The van der Waals surface area contributed by atoms with Crippen molar-refractivity contribution >= 4 is 0 Å². The van der Waals surface area contributed by atoms with E-state index in [1.807, 2.05) is 0 Å². The molecule has 0 heterocycles. The number of rotatable bonds is 0. The molecular weight excluding hydrogens is 951 g/mol. The molecule has 0 aliphatic rings. The second-order valence-corrected chi connectivity index (χ2v) is 0. The van der Waals surface area contributed by atoms with E-state index < -0.39 is 0 Å². The van der Waals surface area contributed by atoms with Gasteiger partial charge >= 0.3 is 0 Å². The fraction of sp³-hybridized carbons (Fsp3) is 0.